The number of halogens is 1. The zero-order chi connectivity index (χ0) is 11.7. The van der Waals surface area contributed by atoms with Gasteiger partial charge in [0.1, 0.15) is 5.03 Å². The van der Waals surface area contributed by atoms with Crippen molar-refractivity contribution in [2.24, 2.45) is 0 Å². The van der Waals surface area contributed by atoms with Crippen LogP contribution in [0.2, 0.25) is 0 Å². The third-order valence-electron chi connectivity index (χ3n) is 1.46. The molecular weight excluding hydrogens is 220 g/mol. The van der Waals surface area contributed by atoms with Crippen molar-refractivity contribution < 1.29 is 19.1 Å². The van der Waals surface area contributed by atoms with Gasteiger partial charge in [-0.05, 0) is 13.3 Å². The van der Waals surface area contributed by atoms with Crippen molar-refractivity contribution in [3.63, 3.8) is 0 Å². The number of esters is 2. The quantitative estimate of drug-likeness (QED) is 0.401. The van der Waals surface area contributed by atoms with Gasteiger partial charge in [-0.15, -0.1) is 0 Å². The van der Waals surface area contributed by atoms with Crippen molar-refractivity contribution in [2.75, 3.05) is 13.2 Å². The van der Waals surface area contributed by atoms with Crippen molar-refractivity contribution >= 4 is 23.5 Å². The van der Waals surface area contributed by atoms with Crippen molar-refractivity contribution in [3.05, 3.63) is 11.1 Å². The first-order valence-electron chi connectivity index (χ1n) is 4.82. The fourth-order valence-corrected chi connectivity index (χ4v) is 0.865. The van der Waals surface area contributed by atoms with E-state index in [0.717, 1.165) is 18.9 Å². The van der Waals surface area contributed by atoms with Crippen LogP contribution in [0.3, 0.4) is 0 Å². The monoisotopic (exact) mass is 234 g/mol. The van der Waals surface area contributed by atoms with E-state index in [1.54, 1.807) is 6.92 Å². The number of hydrogen-bond acceptors (Lipinski definition) is 4. The maximum Gasteiger partial charge on any atom is 0.350 e. The molecule has 0 aliphatic carbocycles. The maximum absolute atomic E-state index is 11.0. The van der Waals surface area contributed by atoms with Gasteiger partial charge < -0.3 is 9.47 Å². The van der Waals surface area contributed by atoms with Crippen LogP contribution < -0.4 is 0 Å². The fraction of sp³-hybridized carbons (Fsp3) is 0.600. The topological polar surface area (TPSA) is 52.6 Å². The van der Waals surface area contributed by atoms with E-state index in [0.29, 0.717) is 6.61 Å². The molecule has 0 heterocycles. The van der Waals surface area contributed by atoms with Crippen LogP contribution in [0, 0.1) is 0 Å². The first-order chi connectivity index (χ1) is 7.11. The van der Waals surface area contributed by atoms with E-state index < -0.39 is 11.9 Å². The minimum absolute atomic E-state index is 0.216. The number of carbonyl (C=O) groups excluding carboxylic acids is 2. The average molecular weight is 235 g/mol. The summed E-state index contributed by atoms with van der Waals surface area (Å²) in [5.74, 6) is -1.34. The van der Waals surface area contributed by atoms with E-state index in [9.17, 15) is 9.59 Å². The Hall–Kier alpha value is -1.03. The molecule has 0 N–H and O–H groups in total. The molecule has 0 atom stereocenters. The molecule has 0 radical (unpaired) electrons. The second kappa shape index (κ2) is 8.29. The normalized spacial score (nSPS) is 11.0. The van der Waals surface area contributed by atoms with Gasteiger partial charge in [0.25, 0.3) is 0 Å². The molecule has 0 fully saturated rings. The van der Waals surface area contributed by atoms with Crippen LogP contribution in [-0.4, -0.2) is 25.2 Å². The Kier molecular flexibility index (Phi) is 7.72. The largest absolute Gasteiger partial charge is 0.462 e. The molecule has 0 aromatic heterocycles. The zero-order valence-corrected chi connectivity index (χ0v) is 9.67. The van der Waals surface area contributed by atoms with Crippen LogP contribution in [0.5, 0.6) is 0 Å². The molecule has 0 aromatic rings. The summed E-state index contributed by atoms with van der Waals surface area (Å²) < 4.78 is 9.36. The van der Waals surface area contributed by atoms with Gasteiger partial charge in [0.2, 0.25) is 0 Å². The van der Waals surface area contributed by atoms with Gasteiger partial charge in [-0.1, -0.05) is 24.9 Å². The summed E-state index contributed by atoms with van der Waals surface area (Å²) in [6.45, 7) is 4.18. The van der Waals surface area contributed by atoms with Crippen molar-refractivity contribution in [1.29, 1.82) is 0 Å². The molecule has 0 saturated carbocycles. The molecule has 0 aliphatic rings. The highest BCUT2D eigenvalue weighted by Crippen LogP contribution is 2.04. The number of carbonyl (C=O) groups is 2. The summed E-state index contributed by atoms with van der Waals surface area (Å²) in [6, 6.07) is 0. The highest BCUT2D eigenvalue weighted by Gasteiger charge is 2.09. The highest BCUT2D eigenvalue weighted by molar-refractivity contribution is 6.42. The van der Waals surface area contributed by atoms with E-state index in [-0.39, 0.29) is 11.6 Å². The standard InChI is InChI=1S/C10H15ClO4/c1-3-5-6-15-9(12)7-8(11)10(13)14-4-2/h7H,3-6H2,1-2H3/b8-7-. The smallest absolute Gasteiger partial charge is 0.350 e. The van der Waals surface area contributed by atoms with Gasteiger partial charge >= 0.3 is 11.9 Å². The van der Waals surface area contributed by atoms with Crippen molar-refractivity contribution in [1.82, 2.24) is 0 Å². The Morgan fingerprint density at radius 2 is 1.93 bits per heavy atom. The fourth-order valence-electron chi connectivity index (χ4n) is 0.721. The molecule has 0 amide bonds. The van der Waals surface area contributed by atoms with E-state index in [2.05, 4.69) is 4.74 Å². The van der Waals surface area contributed by atoms with E-state index >= 15 is 0 Å². The highest BCUT2D eigenvalue weighted by atomic mass is 35.5. The van der Waals surface area contributed by atoms with E-state index in [4.69, 9.17) is 16.3 Å². The van der Waals surface area contributed by atoms with Crippen LogP contribution in [0.25, 0.3) is 0 Å². The lowest BCUT2D eigenvalue weighted by molar-refractivity contribution is -0.140. The summed E-state index contributed by atoms with van der Waals surface area (Å²) in [6.07, 6.45) is 2.65. The summed E-state index contributed by atoms with van der Waals surface area (Å²) in [4.78, 5) is 22.0. The Balaban J connectivity index is 3.99. The lowest BCUT2D eigenvalue weighted by Gasteiger charge is -2.01. The maximum atomic E-state index is 11.0. The van der Waals surface area contributed by atoms with Crippen LogP contribution >= 0.6 is 11.6 Å². The Morgan fingerprint density at radius 3 is 2.47 bits per heavy atom. The van der Waals surface area contributed by atoms with Gasteiger partial charge in [-0.3, -0.25) is 0 Å². The van der Waals surface area contributed by atoms with Crippen LogP contribution in [0.1, 0.15) is 26.7 Å². The molecule has 0 bridgehead atoms. The molecule has 0 rings (SSSR count). The molecule has 0 saturated heterocycles. The molecule has 86 valence electrons. The molecule has 0 aliphatic heterocycles. The van der Waals surface area contributed by atoms with Crippen LogP contribution in [0.15, 0.2) is 11.1 Å². The summed E-state index contributed by atoms with van der Waals surface area (Å²) in [5, 5.41) is -0.265. The van der Waals surface area contributed by atoms with Crippen molar-refractivity contribution in [3.8, 4) is 0 Å². The van der Waals surface area contributed by atoms with Gasteiger partial charge in [0.15, 0.2) is 0 Å². The first-order valence-corrected chi connectivity index (χ1v) is 5.20. The third-order valence-corrected chi connectivity index (χ3v) is 1.72. The van der Waals surface area contributed by atoms with Gasteiger partial charge in [-0.25, -0.2) is 9.59 Å². The summed E-state index contributed by atoms with van der Waals surface area (Å²) >= 11 is 5.50. The molecular formula is C10H15ClO4. The van der Waals surface area contributed by atoms with Crippen molar-refractivity contribution in [2.45, 2.75) is 26.7 Å². The van der Waals surface area contributed by atoms with Gasteiger partial charge in [0.05, 0.1) is 13.2 Å². The van der Waals surface area contributed by atoms with E-state index in [1.165, 1.54) is 0 Å². The molecule has 0 aromatic carbocycles. The lowest BCUT2D eigenvalue weighted by atomic mass is 10.4. The predicted molar refractivity (Wildman–Crippen MR) is 56.4 cm³/mol. The lowest BCUT2D eigenvalue weighted by Crippen LogP contribution is -2.08. The molecule has 0 unspecified atom stereocenters. The third kappa shape index (κ3) is 6.96. The number of ether oxygens (including phenoxy) is 2. The zero-order valence-electron chi connectivity index (χ0n) is 8.92. The SMILES string of the molecule is CCCCOC(=O)/C=C(\Cl)C(=O)OCC. The van der Waals surface area contributed by atoms with Gasteiger partial charge in [-0.2, -0.15) is 0 Å². The number of unbranched alkanes of at least 4 members (excludes halogenated alkanes) is 1. The average Bonchev–Trinajstić information content (AvgIpc) is 2.18. The van der Waals surface area contributed by atoms with Crippen LogP contribution in [0.4, 0.5) is 0 Å². The predicted octanol–water partition coefficient (Wildman–Crippen LogP) is 2.02. The van der Waals surface area contributed by atoms with Gasteiger partial charge in [0, 0.05) is 6.08 Å². The summed E-state index contributed by atoms with van der Waals surface area (Å²) in [7, 11) is 0. The minimum Gasteiger partial charge on any atom is -0.462 e. The minimum atomic E-state index is -0.716. The van der Waals surface area contributed by atoms with E-state index in [1.807, 2.05) is 6.92 Å². The Labute approximate surface area is 94.2 Å². The second-order valence-corrected chi connectivity index (χ2v) is 3.14. The Bertz CT molecular complexity index is 248. The molecule has 15 heavy (non-hydrogen) atoms. The molecule has 4 nitrogen and oxygen atoms in total. The molecule has 5 heteroatoms. The number of rotatable bonds is 6. The first kappa shape index (κ1) is 14.0. The molecule has 0 spiro atoms. The van der Waals surface area contributed by atoms with Crippen LogP contribution in [-0.2, 0) is 19.1 Å². The summed E-state index contributed by atoms with van der Waals surface area (Å²) in [5.41, 5.74) is 0. The Morgan fingerprint density at radius 1 is 1.27 bits per heavy atom. The second-order valence-electron chi connectivity index (χ2n) is 2.73. The number of hydrogen-bond donors (Lipinski definition) is 0.